The van der Waals surface area contributed by atoms with Crippen LogP contribution >= 0.6 is 0 Å². The van der Waals surface area contributed by atoms with Crippen molar-refractivity contribution in [2.45, 2.75) is 6.42 Å². The minimum Gasteiger partial charge on any atom is -0.507 e. The molecule has 0 atom stereocenters. The van der Waals surface area contributed by atoms with Crippen molar-refractivity contribution in [3.8, 4) is 17.1 Å². The van der Waals surface area contributed by atoms with Gasteiger partial charge in [0.2, 0.25) is 0 Å². The predicted octanol–water partition coefficient (Wildman–Crippen LogP) is 1.52. The highest BCUT2D eigenvalue weighted by atomic mass is 16.5. The van der Waals surface area contributed by atoms with E-state index in [9.17, 15) is 9.90 Å². The van der Waals surface area contributed by atoms with Gasteiger partial charge < -0.3 is 9.84 Å². The molecule has 0 bridgehead atoms. The molecule has 0 saturated carbocycles. The van der Waals surface area contributed by atoms with Crippen molar-refractivity contribution in [2.75, 3.05) is 6.61 Å². The van der Waals surface area contributed by atoms with Crippen molar-refractivity contribution < 1.29 is 14.6 Å². The minimum atomic E-state index is -0.462. The summed E-state index contributed by atoms with van der Waals surface area (Å²) >= 11 is 0. The maximum Gasteiger partial charge on any atom is 0.330 e. The maximum atomic E-state index is 10.9. The van der Waals surface area contributed by atoms with E-state index in [1.807, 2.05) is 6.07 Å². The number of hydrogen-bond acceptors (Lipinski definition) is 6. The number of aromatic nitrogens is 3. The molecule has 0 fully saturated rings. The van der Waals surface area contributed by atoms with Crippen molar-refractivity contribution in [2.24, 2.45) is 0 Å². The summed E-state index contributed by atoms with van der Waals surface area (Å²) in [6, 6.07) is 5.14. The quantitative estimate of drug-likeness (QED) is 0.655. The van der Waals surface area contributed by atoms with Crippen LogP contribution in [0, 0.1) is 0 Å². The molecule has 0 saturated heterocycles. The zero-order valence-electron chi connectivity index (χ0n) is 10.7. The molecule has 0 aliphatic heterocycles. The Morgan fingerprint density at radius 1 is 1.35 bits per heavy atom. The number of phenols is 1. The van der Waals surface area contributed by atoms with E-state index in [1.165, 1.54) is 12.7 Å². The van der Waals surface area contributed by atoms with Crippen LogP contribution in [0.5, 0.6) is 5.75 Å². The third kappa shape index (κ3) is 3.38. The summed E-state index contributed by atoms with van der Waals surface area (Å²) in [5.74, 6) is 0.0157. The number of esters is 1. The molecule has 0 unspecified atom stereocenters. The van der Waals surface area contributed by atoms with Crippen LogP contribution < -0.4 is 0 Å². The zero-order chi connectivity index (χ0) is 14.4. The number of carbonyl (C=O) groups excluding carboxylic acids is 1. The first-order valence-corrected chi connectivity index (χ1v) is 5.94. The summed E-state index contributed by atoms with van der Waals surface area (Å²) < 4.78 is 4.88. The van der Waals surface area contributed by atoms with Gasteiger partial charge in [0.15, 0.2) is 5.82 Å². The average Bonchev–Trinajstić information content (AvgIpc) is 2.48. The van der Waals surface area contributed by atoms with Gasteiger partial charge in [-0.1, -0.05) is 12.6 Å². The monoisotopic (exact) mass is 271 g/mol. The molecule has 102 valence electrons. The number of benzene rings is 1. The first kappa shape index (κ1) is 13.7. The largest absolute Gasteiger partial charge is 0.507 e. The zero-order valence-corrected chi connectivity index (χ0v) is 10.7. The molecule has 0 aliphatic rings. The van der Waals surface area contributed by atoms with Crippen molar-refractivity contribution in [3.05, 3.63) is 49.1 Å². The molecular formula is C14H13N3O3. The average molecular weight is 271 g/mol. The molecule has 1 heterocycles. The maximum absolute atomic E-state index is 10.9. The molecule has 0 aliphatic carbocycles. The molecule has 2 rings (SSSR count). The van der Waals surface area contributed by atoms with E-state index in [2.05, 4.69) is 21.5 Å². The summed E-state index contributed by atoms with van der Waals surface area (Å²) in [6.07, 6.45) is 4.35. The Hall–Kier alpha value is -2.76. The fourth-order valence-corrected chi connectivity index (χ4v) is 1.63. The van der Waals surface area contributed by atoms with Crippen molar-refractivity contribution in [1.29, 1.82) is 0 Å². The summed E-state index contributed by atoms with van der Waals surface area (Å²) in [5.41, 5.74) is 1.37. The third-order valence-corrected chi connectivity index (χ3v) is 2.60. The summed E-state index contributed by atoms with van der Waals surface area (Å²) in [6.45, 7) is 3.54. The van der Waals surface area contributed by atoms with E-state index in [4.69, 9.17) is 4.74 Å². The van der Waals surface area contributed by atoms with Crippen molar-refractivity contribution in [3.63, 3.8) is 0 Å². The third-order valence-electron chi connectivity index (χ3n) is 2.60. The normalized spacial score (nSPS) is 10.0. The Labute approximate surface area is 115 Å². The number of nitrogens with zero attached hydrogens (tertiary/aromatic N) is 3. The van der Waals surface area contributed by atoms with Crippen LogP contribution in [0.4, 0.5) is 0 Å². The van der Waals surface area contributed by atoms with Crippen molar-refractivity contribution in [1.82, 2.24) is 15.0 Å². The molecule has 0 amide bonds. The van der Waals surface area contributed by atoms with Gasteiger partial charge >= 0.3 is 5.97 Å². The molecule has 0 spiro atoms. The van der Waals surface area contributed by atoms with Gasteiger partial charge in [-0.3, -0.25) is 0 Å². The van der Waals surface area contributed by atoms with Crippen LogP contribution in [0.25, 0.3) is 11.4 Å². The van der Waals surface area contributed by atoms with Crippen molar-refractivity contribution >= 4 is 5.97 Å². The number of aromatic hydroxyl groups is 1. The molecule has 1 N–H and O–H groups in total. The molecular weight excluding hydrogens is 258 g/mol. The lowest BCUT2D eigenvalue weighted by Crippen LogP contribution is -2.04. The Morgan fingerprint density at radius 2 is 2.10 bits per heavy atom. The van der Waals surface area contributed by atoms with Crippen LogP contribution in [-0.4, -0.2) is 32.6 Å². The molecule has 6 heteroatoms. The lowest BCUT2D eigenvalue weighted by atomic mass is 10.1. The van der Waals surface area contributed by atoms with Crippen LogP contribution in [0.2, 0.25) is 0 Å². The lowest BCUT2D eigenvalue weighted by Gasteiger charge is -2.06. The lowest BCUT2D eigenvalue weighted by molar-refractivity contribution is -0.137. The van der Waals surface area contributed by atoms with E-state index in [0.717, 1.165) is 11.6 Å². The summed E-state index contributed by atoms with van der Waals surface area (Å²) in [5, 5.41) is 9.98. The van der Waals surface area contributed by atoms with E-state index < -0.39 is 5.97 Å². The number of hydrogen-bond donors (Lipinski definition) is 1. The predicted molar refractivity (Wildman–Crippen MR) is 71.8 cm³/mol. The molecule has 1 aromatic carbocycles. The van der Waals surface area contributed by atoms with Crippen LogP contribution in [0.1, 0.15) is 5.56 Å². The second-order valence-electron chi connectivity index (χ2n) is 3.93. The van der Waals surface area contributed by atoms with E-state index in [0.29, 0.717) is 17.8 Å². The van der Waals surface area contributed by atoms with E-state index in [1.54, 1.807) is 12.1 Å². The highest BCUT2D eigenvalue weighted by molar-refractivity contribution is 5.81. The highest BCUT2D eigenvalue weighted by Crippen LogP contribution is 2.26. The first-order valence-electron chi connectivity index (χ1n) is 5.94. The Kier molecular flexibility index (Phi) is 4.39. The number of rotatable bonds is 5. The van der Waals surface area contributed by atoms with Gasteiger partial charge in [-0.05, 0) is 17.7 Å². The van der Waals surface area contributed by atoms with Gasteiger partial charge in [-0.25, -0.2) is 19.7 Å². The fourth-order valence-electron chi connectivity index (χ4n) is 1.63. The Morgan fingerprint density at radius 3 is 2.75 bits per heavy atom. The van der Waals surface area contributed by atoms with Crippen LogP contribution in [0.15, 0.2) is 43.5 Å². The second kappa shape index (κ2) is 6.42. The standard InChI is InChI=1S/C14H13N3O3/c1-2-13(19)20-6-5-10-3-4-11(12(18)7-10)14-16-8-15-9-17-14/h2-4,7-9,18H,1,5-6H2. The van der Waals surface area contributed by atoms with Crippen LogP contribution in [0.3, 0.4) is 0 Å². The molecule has 2 aromatic rings. The van der Waals surface area contributed by atoms with Gasteiger partial charge in [0.1, 0.15) is 18.4 Å². The molecule has 0 radical (unpaired) electrons. The number of ether oxygens (including phenoxy) is 1. The minimum absolute atomic E-state index is 0.0729. The summed E-state index contributed by atoms with van der Waals surface area (Å²) in [7, 11) is 0. The molecule has 20 heavy (non-hydrogen) atoms. The first-order chi connectivity index (χ1) is 9.70. The summed E-state index contributed by atoms with van der Waals surface area (Å²) in [4.78, 5) is 22.6. The smallest absolute Gasteiger partial charge is 0.330 e. The van der Waals surface area contributed by atoms with Gasteiger partial charge in [0, 0.05) is 12.5 Å². The topological polar surface area (TPSA) is 85.2 Å². The van der Waals surface area contributed by atoms with Gasteiger partial charge in [0.25, 0.3) is 0 Å². The Balaban J connectivity index is 2.06. The van der Waals surface area contributed by atoms with Gasteiger partial charge in [-0.2, -0.15) is 0 Å². The second-order valence-corrected chi connectivity index (χ2v) is 3.93. The number of phenolic OH excluding ortho intramolecular Hbond substituents is 1. The number of carbonyl (C=O) groups is 1. The van der Waals surface area contributed by atoms with Gasteiger partial charge in [-0.15, -0.1) is 0 Å². The van der Waals surface area contributed by atoms with Crippen LogP contribution in [-0.2, 0) is 16.0 Å². The molecule has 6 nitrogen and oxygen atoms in total. The van der Waals surface area contributed by atoms with E-state index in [-0.39, 0.29) is 12.4 Å². The SMILES string of the molecule is C=CC(=O)OCCc1ccc(-c2ncncn2)c(O)c1. The highest BCUT2D eigenvalue weighted by Gasteiger charge is 2.08. The molecule has 1 aromatic heterocycles. The fraction of sp³-hybridized carbons (Fsp3) is 0.143. The van der Waals surface area contributed by atoms with Gasteiger partial charge in [0.05, 0.1) is 12.2 Å². The van der Waals surface area contributed by atoms with E-state index >= 15 is 0 Å². The Bertz CT molecular complexity index is 614.